The summed E-state index contributed by atoms with van der Waals surface area (Å²) in [6.45, 7) is 5.29. The van der Waals surface area contributed by atoms with Crippen LogP contribution in [0.15, 0.2) is 41.4 Å². The van der Waals surface area contributed by atoms with Gasteiger partial charge in [-0.15, -0.1) is 0 Å². The van der Waals surface area contributed by atoms with Crippen LogP contribution in [0, 0.1) is 11.3 Å². The van der Waals surface area contributed by atoms with Crippen molar-refractivity contribution in [3.63, 3.8) is 0 Å². The molecule has 3 N–H and O–H groups in total. The molecule has 30 heavy (non-hydrogen) atoms. The molecular formula is C22H23N3O5. The number of esters is 1. The fourth-order valence-corrected chi connectivity index (χ4v) is 2.96. The molecule has 0 saturated carbocycles. The molecule has 0 amide bonds. The SMILES string of the molecule is CN=C(c1ccc(O)cc1O)C1OC1Nc1ccc(C#N)cc1C(=O)OC(C)(C)C. The lowest BCUT2D eigenvalue weighted by molar-refractivity contribution is 0.00706. The summed E-state index contributed by atoms with van der Waals surface area (Å²) in [7, 11) is 1.58. The fraction of sp³-hybridized carbons (Fsp3) is 0.318. The van der Waals surface area contributed by atoms with Crippen molar-refractivity contribution in [2.45, 2.75) is 38.7 Å². The molecule has 2 atom stereocenters. The molecule has 1 aliphatic rings. The molecule has 156 valence electrons. The molecular weight excluding hydrogens is 386 g/mol. The molecule has 8 nitrogen and oxygen atoms in total. The Balaban J connectivity index is 1.82. The minimum atomic E-state index is -0.686. The minimum absolute atomic E-state index is 0.0577. The Labute approximate surface area is 174 Å². The number of ether oxygens (including phenoxy) is 2. The minimum Gasteiger partial charge on any atom is -0.508 e. The summed E-state index contributed by atoms with van der Waals surface area (Å²) in [4.78, 5) is 16.8. The van der Waals surface area contributed by atoms with Crippen molar-refractivity contribution in [1.82, 2.24) is 0 Å². The van der Waals surface area contributed by atoms with Gasteiger partial charge in [-0.25, -0.2) is 4.79 Å². The van der Waals surface area contributed by atoms with E-state index in [0.717, 1.165) is 0 Å². The molecule has 8 heteroatoms. The van der Waals surface area contributed by atoms with E-state index in [9.17, 15) is 20.3 Å². The van der Waals surface area contributed by atoms with E-state index in [2.05, 4.69) is 10.3 Å². The number of aliphatic imine (C=N–C) groups is 1. The molecule has 0 aliphatic carbocycles. The van der Waals surface area contributed by atoms with Crippen molar-refractivity contribution in [3.05, 3.63) is 53.1 Å². The number of carbonyl (C=O) groups excluding carboxylic acids is 1. The number of rotatable bonds is 5. The number of phenols is 2. The molecule has 0 radical (unpaired) electrons. The van der Waals surface area contributed by atoms with Gasteiger partial charge in [-0.2, -0.15) is 5.26 Å². The molecule has 1 heterocycles. The monoisotopic (exact) mass is 409 g/mol. The van der Waals surface area contributed by atoms with Gasteiger partial charge in [0.1, 0.15) is 23.2 Å². The largest absolute Gasteiger partial charge is 0.508 e. The summed E-state index contributed by atoms with van der Waals surface area (Å²) in [6.07, 6.45) is -0.960. The smallest absolute Gasteiger partial charge is 0.340 e. The molecule has 2 aromatic carbocycles. The van der Waals surface area contributed by atoms with Crippen LogP contribution < -0.4 is 5.32 Å². The Morgan fingerprint density at radius 2 is 1.93 bits per heavy atom. The summed E-state index contributed by atoms with van der Waals surface area (Å²) in [5.41, 5.74) is 1.27. The maximum atomic E-state index is 12.6. The first-order valence-corrected chi connectivity index (χ1v) is 9.31. The first-order chi connectivity index (χ1) is 14.1. The fourth-order valence-electron chi connectivity index (χ4n) is 2.96. The first kappa shape index (κ1) is 21.1. The number of hydrogen-bond acceptors (Lipinski definition) is 8. The number of nitriles is 1. The third-order valence-electron chi connectivity index (χ3n) is 4.32. The molecule has 0 spiro atoms. The van der Waals surface area contributed by atoms with E-state index in [1.165, 1.54) is 18.2 Å². The lowest BCUT2D eigenvalue weighted by Crippen LogP contribution is -2.25. The van der Waals surface area contributed by atoms with Gasteiger partial charge in [0.15, 0.2) is 6.23 Å². The van der Waals surface area contributed by atoms with Crippen LogP contribution in [0.25, 0.3) is 0 Å². The van der Waals surface area contributed by atoms with Crippen LogP contribution in [-0.2, 0) is 9.47 Å². The summed E-state index contributed by atoms with van der Waals surface area (Å²) < 4.78 is 11.1. The average Bonchev–Trinajstić information content (AvgIpc) is 3.41. The molecule has 3 rings (SSSR count). The highest BCUT2D eigenvalue weighted by Gasteiger charge is 2.44. The van der Waals surface area contributed by atoms with Crippen LogP contribution in [0.1, 0.15) is 42.3 Å². The van der Waals surface area contributed by atoms with Crippen LogP contribution in [0.2, 0.25) is 0 Å². The Morgan fingerprint density at radius 3 is 2.53 bits per heavy atom. The molecule has 2 unspecified atom stereocenters. The Hall–Kier alpha value is -3.57. The normalized spacial score (nSPS) is 18.4. The number of nitrogens with zero attached hydrogens (tertiary/aromatic N) is 2. The predicted molar refractivity (Wildman–Crippen MR) is 111 cm³/mol. The van der Waals surface area contributed by atoms with Crippen molar-refractivity contribution in [2.24, 2.45) is 4.99 Å². The van der Waals surface area contributed by atoms with Crippen LogP contribution >= 0.6 is 0 Å². The van der Waals surface area contributed by atoms with Gasteiger partial charge >= 0.3 is 5.97 Å². The molecule has 1 aliphatic heterocycles. The number of nitrogens with one attached hydrogen (secondary N) is 1. The van der Waals surface area contributed by atoms with E-state index in [-0.39, 0.29) is 17.1 Å². The second-order valence-corrected chi connectivity index (χ2v) is 7.81. The third-order valence-corrected chi connectivity index (χ3v) is 4.32. The number of carbonyl (C=O) groups is 1. The van der Waals surface area contributed by atoms with Crippen molar-refractivity contribution in [3.8, 4) is 17.6 Å². The maximum absolute atomic E-state index is 12.6. The van der Waals surface area contributed by atoms with Gasteiger partial charge in [0.05, 0.1) is 28.6 Å². The summed E-state index contributed by atoms with van der Waals surface area (Å²) >= 11 is 0. The van der Waals surface area contributed by atoms with Crippen molar-refractivity contribution >= 4 is 17.4 Å². The molecule has 1 fully saturated rings. The number of anilines is 1. The summed E-state index contributed by atoms with van der Waals surface area (Å²) in [6, 6.07) is 10.9. The first-order valence-electron chi connectivity index (χ1n) is 9.31. The lowest BCUT2D eigenvalue weighted by atomic mass is 10.0. The van der Waals surface area contributed by atoms with Gasteiger partial charge in [-0.05, 0) is 51.1 Å². The van der Waals surface area contributed by atoms with E-state index in [4.69, 9.17) is 9.47 Å². The standard InChI is InChI=1S/C22H23N3O5/c1-22(2,3)30-21(28)15-9-12(11-23)5-8-16(15)25-20-19(29-20)18(24-4)14-7-6-13(26)10-17(14)27/h5-10,19-20,25-27H,1-4H3. The lowest BCUT2D eigenvalue weighted by Gasteiger charge is -2.20. The van der Waals surface area contributed by atoms with Crippen molar-refractivity contribution in [2.75, 3.05) is 12.4 Å². The second kappa shape index (κ2) is 8.05. The number of aromatic hydroxyl groups is 2. The molecule has 2 aromatic rings. The average molecular weight is 409 g/mol. The van der Waals surface area contributed by atoms with Crippen molar-refractivity contribution < 1.29 is 24.5 Å². The number of hydrogen-bond donors (Lipinski definition) is 3. The number of benzene rings is 2. The quantitative estimate of drug-likeness (QED) is 0.393. The zero-order chi connectivity index (χ0) is 22.1. The molecule has 1 saturated heterocycles. The Bertz CT molecular complexity index is 1050. The Morgan fingerprint density at radius 1 is 1.20 bits per heavy atom. The maximum Gasteiger partial charge on any atom is 0.340 e. The van der Waals surface area contributed by atoms with E-state index in [0.29, 0.717) is 22.5 Å². The van der Waals surface area contributed by atoms with Crippen molar-refractivity contribution in [1.29, 1.82) is 5.26 Å². The topological polar surface area (TPSA) is 127 Å². The van der Waals surface area contributed by atoms with Gasteiger partial charge in [0, 0.05) is 18.7 Å². The van der Waals surface area contributed by atoms with E-state index >= 15 is 0 Å². The summed E-state index contributed by atoms with van der Waals surface area (Å²) in [5, 5.41) is 31.9. The van der Waals surface area contributed by atoms with Crippen LogP contribution in [0.5, 0.6) is 11.5 Å². The summed E-state index contributed by atoms with van der Waals surface area (Å²) in [5.74, 6) is -0.727. The Kier molecular flexibility index (Phi) is 5.67. The van der Waals surface area contributed by atoms with Crippen LogP contribution in [-0.4, -0.2) is 46.9 Å². The van der Waals surface area contributed by atoms with E-state index in [1.54, 1.807) is 46.0 Å². The highest BCUT2D eigenvalue weighted by atomic mass is 16.6. The highest BCUT2D eigenvalue weighted by Crippen LogP contribution is 2.33. The van der Waals surface area contributed by atoms with Gasteiger partial charge in [0.2, 0.25) is 0 Å². The zero-order valence-electron chi connectivity index (χ0n) is 17.1. The predicted octanol–water partition coefficient (Wildman–Crippen LogP) is 3.18. The molecule has 0 aromatic heterocycles. The van der Waals surface area contributed by atoms with Gasteiger partial charge in [-0.1, -0.05) is 0 Å². The molecule has 0 bridgehead atoms. The number of phenolic OH excluding ortho intramolecular Hbond substituents is 2. The second-order valence-electron chi connectivity index (χ2n) is 7.81. The third kappa shape index (κ3) is 4.70. The van der Waals surface area contributed by atoms with Crippen LogP contribution in [0.4, 0.5) is 5.69 Å². The van der Waals surface area contributed by atoms with Gasteiger partial charge < -0.3 is 25.0 Å². The van der Waals surface area contributed by atoms with E-state index < -0.39 is 23.9 Å². The zero-order valence-corrected chi connectivity index (χ0v) is 17.1. The number of epoxide rings is 1. The van der Waals surface area contributed by atoms with E-state index in [1.807, 2.05) is 6.07 Å². The van der Waals surface area contributed by atoms with Gasteiger partial charge in [-0.3, -0.25) is 4.99 Å². The highest BCUT2D eigenvalue weighted by molar-refractivity contribution is 6.08. The van der Waals surface area contributed by atoms with Gasteiger partial charge in [0.25, 0.3) is 0 Å². The van der Waals surface area contributed by atoms with Crippen LogP contribution in [0.3, 0.4) is 0 Å².